The number of carboxylic acid groups (broad SMARTS) is 1. The molecule has 1 saturated carbocycles. The number of unbranched alkanes of at least 4 members (excludes halogenated alkanes) is 1. The molecule has 0 aromatic rings. The van der Waals surface area contributed by atoms with Crippen LogP contribution in [0.1, 0.15) is 52.4 Å². The van der Waals surface area contributed by atoms with Gasteiger partial charge in [-0.2, -0.15) is 0 Å². The molecule has 5 nitrogen and oxygen atoms in total. The third-order valence-corrected chi connectivity index (χ3v) is 3.61. The number of urea groups is 1. The van der Waals surface area contributed by atoms with Gasteiger partial charge in [0.1, 0.15) is 5.54 Å². The molecule has 1 unspecified atom stereocenters. The van der Waals surface area contributed by atoms with Crippen LogP contribution < -0.4 is 10.6 Å². The molecule has 1 aliphatic carbocycles. The molecule has 0 bridgehead atoms. The van der Waals surface area contributed by atoms with E-state index in [1.165, 1.54) is 6.42 Å². The number of aliphatic carboxylic acids is 1. The molecule has 1 atom stereocenters. The van der Waals surface area contributed by atoms with Crippen LogP contribution in [0.2, 0.25) is 0 Å². The van der Waals surface area contributed by atoms with E-state index in [0.717, 1.165) is 19.3 Å². The first-order valence-electron chi connectivity index (χ1n) is 6.83. The molecule has 104 valence electrons. The summed E-state index contributed by atoms with van der Waals surface area (Å²) in [4.78, 5) is 22.5. The Hall–Kier alpha value is -1.26. The second kappa shape index (κ2) is 6.61. The first kappa shape index (κ1) is 14.8. The van der Waals surface area contributed by atoms with Crippen molar-refractivity contribution in [3.8, 4) is 0 Å². The van der Waals surface area contributed by atoms with Gasteiger partial charge in [0.05, 0.1) is 0 Å². The zero-order valence-electron chi connectivity index (χ0n) is 11.3. The van der Waals surface area contributed by atoms with Crippen molar-refractivity contribution in [1.29, 1.82) is 0 Å². The third-order valence-electron chi connectivity index (χ3n) is 3.61. The number of carboxylic acids is 1. The highest BCUT2D eigenvalue weighted by Gasteiger charge is 2.51. The van der Waals surface area contributed by atoms with Crippen LogP contribution in [0.3, 0.4) is 0 Å². The van der Waals surface area contributed by atoms with E-state index in [0.29, 0.717) is 25.3 Å². The normalized spacial score (nSPS) is 17.9. The Morgan fingerprint density at radius 3 is 2.44 bits per heavy atom. The molecule has 1 fully saturated rings. The lowest BCUT2D eigenvalue weighted by atomic mass is 9.99. The van der Waals surface area contributed by atoms with Gasteiger partial charge in [0.2, 0.25) is 0 Å². The van der Waals surface area contributed by atoms with E-state index >= 15 is 0 Å². The van der Waals surface area contributed by atoms with Crippen molar-refractivity contribution < 1.29 is 14.7 Å². The summed E-state index contributed by atoms with van der Waals surface area (Å²) in [6.45, 7) is 4.88. The van der Waals surface area contributed by atoms with Crippen LogP contribution in [0.5, 0.6) is 0 Å². The highest BCUT2D eigenvalue weighted by atomic mass is 16.4. The molecule has 0 saturated heterocycles. The smallest absolute Gasteiger partial charge is 0.329 e. The molecule has 2 amide bonds. The fraction of sp³-hybridized carbons (Fsp3) is 0.846. The number of amides is 2. The monoisotopic (exact) mass is 256 g/mol. The van der Waals surface area contributed by atoms with E-state index in [2.05, 4.69) is 24.5 Å². The van der Waals surface area contributed by atoms with Crippen LogP contribution >= 0.6 is 0 Å². The van der Waals surface area contributed by atoms with E-state index in [1.807, 2.05) is 0 Å². The average Bonchev–Trinajstić information content (AvgIpc) is 3.10. The highest BCUT2D eigenvalue weighted by molar-refractivity contribution is 5.88. The minimum atomic E-state index is -0.991. The molecule has 0 radical (unpaired) electrons. The van der Waals surface area contributed by atoms with Crippen LogP contribution in [-0.4, -0.2) is 29.2 Å². The molecule has 5 heteroatoms. The second-order valence-electron chi connectivity index (χ2n) is 5.14. The molecule has 18 heavy (non-hydrogen) atoms. The van der Waals surface area contributed by atoms with Gasteiger partial charge in [0.25, 0.3) is 0 Å². The molecule has 0 spiro atoms. The molecule has 1 aliphatic rings. The zero-order chi connectivity index (χ0) is 13.6. The Balaban J connectivity index is 2.26. The van der Waals surface area contributed by atoms with Crippen molar-refractivity contribution in [2.24, 2.45) is 5.92 Å². The molecule has 0 aromatic heterocycles. The van der Waals surface area contributed by atoms with Gasteiger partial charge in [0, 0.05) is 6.54 Å². The number of carbonyl (C=O) groups excluding carboxylic acids is 1. The Bertz CT molecular complexity index is 301. The van der Waals surface area contributed by atoms with Crippen molar-refractivity contribution in [3.05, 3.63) is 0 Å². The molecular formula is C13H24N2O3. The van der Waals surface area contributed by atoms with Crippen LogP contribution in [0.4, 0.5) is 4.79 Å². The van der Waals surface area contributed by atoms with E-state index in [1.54, 1.807) is 0 Å². The van der Waals surface area contributed by atoms with Gasteiger partial charge >= 0.3 is 12.0 Å². The lowest BCUT2D eigenvalue weighted by Crippen LogP contribution is -2.48. The first-order valence-corrected chi connectivity index (χ1v) is 6.83. The van der Waals surface area contributed by atoms with Gasteiger partial charge in [-0.3, -0.25) is 0 Å². The van der Waals surface area contributed by atoms with Crippen LogP contribution in [-0.2, 0) is 4.79 Å². The van der Waals surface area contributed by atoms with Crippen molar-refractivity contribution in [1.82, 2.24) is 10.6 Å². The van der Waals surface area contributed by atoms with Crippen molar-refractivity contribution >= 4 is 12.0 Å². The fourth-order valence-electron chi connectivity index (χ4n) is 1.96. The molecule has 1 rings (SSSR count). The summed E-state index contributed by atoms with van der Waals surface area (Å²) < 4.78 is 0. The maximum Gasteiger partial charge on any atom is 0.329 e. The zero-order valence-corrected chi connectivity index (χ0v) is 11.3. The topological polar surface area (TPSA) is 78.4 Å². The maximum absolute atomic E-state index is 11.6. The van der Waals surface area contributed by atoms with Crippen LogP contribution in [0.25, 0.3) is 0 Å². The number of rotatable bonds is 8. The lowest BCUT2D eigenvalue weighted by Gasteiger charge is -2.17. The Kier molecular flexibility index (Phi) is 5.44. The quantitative estimate of drug-likeness (QED) is 0.622. The summed E-state index contributed by atoms with van der Waals surface area (Å²) in [5.74, 6) is -0.452. The largest absolute Gasteiger partial charge is 0.480 e. The lowest BCUT2D eigenvalue weighted by molar-refractivity contribution is -0.140. The Morgan fingerprint density at radius 1 is 1.33 bits per heavy atom. The van der Waals surface area contributed by atoms with Gasteiger partial charge in [0.15, 0.2) is 0 Å². The summed E-state index contributed by atoms with van der Waals surface area (Å²) >= 11 is 0. The maximum atomic E-state index is 11.6. The van der Waals surface area contributed by atoms with Crippen LogP contribution in [0.15, 0.2) is 0 Å². The van der Waals surface area contributed by atoms with Crippen LogP contribution in [0, 0.1) is 5.92 Å². The average molecular weight is 256 g/mol. The molecular weight excluding hydrogens is 232 g/mol. The predicted molar refractivity (Wildman–Crippen MR) is 69.4 cm³/mol. The van der Waals surface area contributed by atoms with Gasteiger partial charge < -0.3 is 15.7 Å². The number of hydrogen-bond acceptors (Lipinski definition) is 2. The summed E-state index contributed by atoms with van der Waals surface area (Å²) in [6.07, 6.45) is 5.53. The van der Waals surface area contributed by atoms with E-state index in [4.69, 9.17) is 5.11 Å². The second-order valence-corrected chi connectivity index (χ2v) is 5.14. The molecule has 0 aliphatic heterocycles. The summed E-state index contributed by atoms with van der Waals surface area (Å²) in [5.41, 5.74) is -0.991. The Morgan fingerprint density at radius 2 is 2.00 bits per heavy atom. The number of nitrogens with one attached hydrogen (secondary N) is 2. The summed E-state index contributed by atoms with van der Waals surface area (Å²) in [5, 5.41) is 14.3. The van der Waals surface area contributed by atoms with Gasteiger partial charge in [-0.25, -0.2) is 9.59 Å². The molecule has 0 aromatic carbocycles. The SMILES string of the molecule is CCCCC(CC)CNC(=O)NC1(C(=O)O)CC1. The summed E-state index contributed by atoms with van der Waals surface area (Å²) in [7, 11) is 0. The molecule has 3 N–H and O–H groups in total. The molecule has 0 heterocycles. The standard InChI is InChI=1S/C13H24N2O3/c1-3-5-6-10(4-2)9-14-12(18)15-13(7-8-13)11(16)17/h10H,3-9H2,1-2H3,(H,16,17)(H2,14,15,18). The van der Waals surface area contributed by atoms with Gasteiger partial charge in [-0.1, -0.05) is 33.1 Å². The van der Waals surface area contributed by atoms with E-state index in [9.17, 15) is 9.59 Å². The van der Waals surface area contributed by atoms with Gasteiger partial charge in [-0.05, 0) is 25.2 Å². The Labute approximate surface area is 108 Å². The predicted octanol–water partition coefficient (Wildman–Crippen LogP) is 2.12. The minimum absolute atomic E-state index is 0.357. The van der Waals surface area contributed by atoms with Crippen molar-refractivity contribution in [2.45, 2.75) is 57.9 Å². The van der Waals surface area contributed by atoms with E-state index < -0.39 is 11.5 Å². The highest BCUT2D eigenvalue weighted by Crippen LogP contribution is 2.35. The minimum Gasteiger partial charge on any atom is -0.480 e. The first-order chi connectivity index (χ1) is 8.54. The third kappa shape index (κ3) is 4.20. The number of hydrogen-bond donors (Lipinski definition) is 3. The van der Waals surface area contributed by atoms with Crippen molar-refractivity contribution in [3.63, 3.8) is 0 Å². The number of carbonyl (C=O) groups is 2. The van der Waals surface area contributed by atoms with Gasteiger partial charge in [-0.15, -0.1) is 0 Å². The fourth-order valence-corrected chi connectivity index (χ4v) is 1.96. The summed E-state index contributed by atoms with van der Waals surface area (Å²) in [6, 6.07) is -0.357. The van der Waals surface area contributed by atoms with Crippen molar-refractivity contribution in [2.75, 3.05) is 6.54 Å². The van der Waals surface area contributed by atoms with E-state index in [-0.39, 0.29) is 6.03 Å².